The van der Waals surface area contributed by atoms with Gasteiger partial charge in [0.2, 0.25) is 0 Å². The van der Waals surface area contributed by atoms with Crippen molar-refractivity contribution in [3.8, 4) is 0 Å². The molecule has 0 bridgehead atoms. The number of hydrogen-bond donors (Lipinski definition) is 2. The summed E-state index contributed by atoms with van der Waals surface area (Å²) in [6, 6.07) is 0. The third-order valence-electron chi connectivity index (χ3n) is 2.86. The standard InChI is InChI=1S/C14H23NO4/c1-6-9-19-13(18)15-14(11(4)5,12(16)17)8-7-10(2)3/h6-7,11H,1,8-9H2,2-5H3,(H,15,18)(H,16,17)/t14-/m1/s1. The Morgan fingerprint density at radius 2 is 2.00 bits per heavy atom. The Labute approximate surface area is 114 Å². The number of hydrogen-bond acceptors (Lipinski definition) is 3. The lowest BCUT2D eigenvalue weighted by molar-refractivity contribution is -0.146. The molecule has 0 radical (unpaired) electrons. The maximum absolute atomic E-state index is 11.6. The number of carbonyl (C=O) groups excluding carboxylic acids is 1. The van der Waals surface area contributed by atoms with Crippen molar-refractivity contribution in [1.29, 1.82) is 0 Å². The molecule has 0 saturated heterocycles. The van der Waals surface area contributed by atoms with E-state index in [0.717, 1.165) is 5.57 Å². The fourth-order valence-electron chi connectivity index (χ4n) is 1.54. The summed E-state index contributed by atoms with van der Waals surface area (Å²) >= 11 is 0. The topological polar surface area (TPSA) is 75.6 Å². The van der Waals surface area contributed by atoms with Gasteiger partial charge in [0, 0.05) is 0 Å². The van der Waals surface area contributed by atoms with Crippen LogP contribution in [0.5, 0.6) is 0 Å². The number of carboxylic acid groups (broad SMARTS) is 1. The van der Waals surface area contributed by atoms with E-state index >= 15 is 0 Å². The summed E-state index contributed by atoms with van der Waals surface area (Å²) in [5.74, 6) is -1.35. The van der Waals surface area contributed by atoms with E-state index in [1.54, 1.807) is 19.9 Å². The van der Waals surface area contributed by atoms with Gasteiger partial charge in [-0.25, -0.2) is 9.59 Å². The van der Waals surface area contributed by atoms with E-state index in [9.17, 15) is 14.7 Å². The average Bonchev–Trinajstić information content (AvgIpc) is 2.30. The van der Waals surface area contributed by atoms with Crippen LogP contribution in [0.1, 0.15) is 34.1 Å². The molecule has 0 fully saturated rings. The molecule has 5 nitrogen and oxygen atoms in total. The zero-order valence-electron chi connectivity index (χ0n) is 12.0. The summed E-state index contributed by atoms with van der Waals surface area (Å²) in [6.45, 7) is 10.7. The van der Waals surface area contributed by atoms with Crippen molar-refractivity contribution in [2.75, 3.05) is 6.61 Å². The molecule has 2 N–H and O–H groups in total. The largest absolute Gasteiger partial charge is 0.479 e. The molecule has 0 spiro atoms. The van der Waals surface area contributed by atoms with Gasteiger partial charge in [-0.15, -0.1) is 0 Å². The second-order valence-corrected chi connectivity index (χ2v) is 4.93. The summed E-state index contributed by atoms with van der Waals surface area (Å²) in [5, 5.41) is 11.9. The monoisotopic (exact) mass is 269 g/mol. The summed E-state index contributed by atoms with van der Waals surface area (Å²) in [5.41, 5.74) is -0.372. The number of alkyl carbamates (subject to hydrolysis) is 1. The maximum atomic E-state index is 11.6. The van der Waals surface area contributed by atoms with Crippen molar-refractivity contribution in [1.82, 2.24) is 5.32 Å². The maximum Gasteiger partial charge on any atom is 0.408 e. The minimum atomic E-state index is -1.37. The predicted molar refractivity (Wildman–Crippen MR) is 73.9 cm³/mol. The number of rotatable bonds is 7. The summed E-state index contributed by atoms with van der Waals surface area (Å²) in [7, 11) is 0. The summed E-state index contributed by atoms with van der Waals surface area (Å²) < 4.78 is 4.80. The number of nitrogens with one attached hydrogen (secondary N) is 1. The number of amides is 1. The lowest BCUT2D eigenvalue weighted by Gasteiger charge is -2.33. The fourth-order valence-corrected chi connectivity index (χ4v) is 1.54. The highest BCUT2D eigenvalue weighted by molar-refractivity contribution is 5.85. The highest BCUT2D eigenvalue weighted by Gasteiger charge is 2.42. The molecule has 0 heterocycles. The van der Waals surface area contributed by atoms with E-state index in [1.807, 2.05) is 13.8 Å². The van der Waals surface area contributed by atoms with Crippen LogP contribution < -0.4 is 5.32 Å². The smallest absolute Gasteiger partial charge is 0.408 e. The Hall–Kier alpha value is -1.78. The van der Waals surface area contributed by atoms with Crippen molar-refractivity contribution in [3.05, 3.63) is 24.3 Å². The minimum absolute atomic E-state index is 0.0439. The van der Waals surface area contributed by atoms with Gasteiger partial charge in [-0.1, -0.05) is 38.2 Å². The first-order valence-electron chi connectivity index (χ1n) is 6.19. The Bertz CT molecular complexity index is 370. The number of carboxylic acids is 1. The molecule has 0 rings (SSSR count). The molecule has 5 heteroatoms. The van der Waals surface area contributed by atoms with Crippen molar-refractivity contribution in [3.63, 3.8) is 0 Å². The number of ether oxygens (including phenoxy) is 1. The molecular formula is C14H23NO4. The molecule has 0 aliphatic heterocycles. The number of carbonyl (C=O) groups is 2. The Kier molecular flexibility index (Phi) is 6.90. The first-order chi connectivity index (χ1) is 8.76. The third-order valence-corrected chi connectivity index (χ3v) is 2.86. The van der Waals surface area contributed by atoms with Gasteiger partial charge in [-0.2, -0.15) is 0 Å². The Morgan fingerprint density at radius 3 is 2.37 bits per heavy atom. The molecule has 108 valence electrons. The molecule has 0 aliphatic carbocycles. The third kappa shape index (κ3) is 5.16. The van der Waals surface area contributed by atoms with E-state index < -0.39 is 17.6 Å². The van der Waals surface area contributed by atoms with Crippen molar-refractivity contribution in [2.45, 2.75) is 39.7 Å². The van der Waals surface area contributed by atoms with Gasteiger partial charge in [-0.3, -0.25) is 0 Å². The van der Waals surface area contributed by atoms with Crippen molar-refractivity contribution >= 4 is 12.1 Å². The molecule has 0 unspecified atom stereocenters. The van der Waals surface area contributed by atoms with E-state index in [-0.39, 0.29) is 18.9 Å². The lowest BCUT2D eigenvalue weighted by atomic mass is 9.83. The highest BCUT2D eigenvalue weighted by atomic mass is 16.5. The zero-order chi connectivity index (χ0) is 15.1. The fraction of sp³-hybridized carbons (Fsp3) is 0.571. The van der Waals surface area contributed by atoms with Crippen molar-refractivity contribution < 1.29 is 19.4 Å². The molecule has 0 aromatic heterocycles. The number of allylic oxidation sites excluding steroid dienone is 1. The molecule has 0 aromatic rings. The quantitative estimate of drug-likeness (QED) is 0.697. The molecule has 1 atom stereocenters. The normalized spacial score (nSPS) is 13.3. The van der Waals surface area contributed by atoms with E-state index in [1.165, 1.54) is 6.08 Å². The van der Waals surface area contributed by atoms with Crippen LogP contribution in [-0.4, -0.2) is 29.3 Å². The van der Waals surface area contributed by atoms with Gasteiger partial charge >= 0.3 is 12.1 Å². The molecule has 19 heavy (non-hydrogen) atoms. The zero-order valence-corrected chi connectivity index (χ0v) is 12.0. The van der Waals surface area contributed by atoms with Crippen LogP contribution in [0.25, 0.3) is 0 Å². The van der Waals surface area contributed by atoms with Crippen LogP contribution in [0.4, 0.5) is 4.79 Å². The van der Waals surface area contributed by atoms with Gasteiger partial charge in [-0.05, 0) is 26.2 Å². The van der Waals surface area contributed by atoms with Gasteiger partial charge < -0.3 is 15.2 Å². The van der Waals surface area contributed by atoms with Crippen LogP contribution in [0, 0.1) is 5.92 Å². The Balaban J connectivity index is 5.13. The lowest BCUT2D eigenvalue weighted by Crippen LogP contribution is -2.58. The second-order valence-electron chi connectivity index (χ2n) is 4.93. The Morgan fingerprint density at radius 1 is 1.42 bits per heavy atom. The molecule has 0 aliphatic rings. The average molecular weight is 269 g/mol. The number of aliphatic carboxylic acids is 1. The van der Waals surface area contributed by atoms with Gasteiger partial charge in [0.25, 0.3) is 0 Å². The van der Waals surface area contributed by atoms with Crippen LogP contribution in [-0.2, 0) is 9.53 Å². The van der Waals surface area contributed by atoms with Crippen LogP contribution in [0.3, 0.4) is 0 Å². The van der Waals surface area contributed by atoms with Crippen LogP contribution in [0.2, 0.25) is 0 Å². The van der Waals surface area contributed by atoms with Gasteiger partial charge in [0.1, 0.15) is 12.1 Å². The second kappa shape index (κ2) is 7.61. The van der Waals surface area contributed by atoms with Crippen LogP contribution in [0.15, 0.2) is 24.3 Å². The highest BCUT2D eigenvalue weighted by Crippen LogP contribution is 2.23. The predicted octanol–water partition coefficient (Wildman–Crippen LogP) is 2.73. The molecule has 1 amide bonds. The first-order valence-corrected chi connectivity index (χ1v) is 6.19. The van der Waals surface area contributed by atoms with E-state index in [0.29, 0.717) is 0 Å². The van der Waals surface area contributed by atoms with Gasteiger partial charge in [0.05, 0.1) is 0 Å². The first kappa shape index (κ1) is 17.2. The minimum Gasteiger partial charge on any atom is -0.479 e. The van der Waals surface area contributed by atoms with Gasteiger partial charge in [0.15, 0.2) is 0 Å². The molecule has 0 aromatic carbocycles. The van der Waals surface area contributed by atoms with Crippen LogP contribution >= 0.6 is 0 Å². The van der Waals surface area contributed by atoms with Crippen molar-refractivity contribution in [2.24, 2.45) is 5.92 Å². The molecule has 0 saturated carbocycles. The summed E-state index contributed by atoms with van der Waals surface area (Å²) in [6.07, 6.45) is 2.68. The SMILES string of the molecule is C=CCOC(=O)N[C@@](CC=C(C)C)(C(=O)O)C(C)C. The summed E-state index contributed by atoms with van der Waals surface area (Å²) in [4.78, 5) is 23.2. The van der Waals surface area contributed by atoms with E-state index in [2.05, 4.69) is 11.9 Å². The molecular weight excluding hydrogens is 246 g/mol. The van der Waals surface area contributed by atoms with E-state index in [4.69, 9.17) is 4.74 Å².